The van der Waals surface area contributed by atoms with Gasteiger partial charge in [0.25, 0.3) is 5.56 Å². The van der Waals surface area contributed by atoms with E-state index in [1.165, 1.54) is 28.1 Å². The lowest BCUT2D eigenvalue weighted by Gasteiger charge is -2.24. The molecule has 0 spiro atoms. The first-order valence-electron chi connectivity index (χ1n) is 13.6. The molecule has 9 N–H and O–H groups in total. The molecule has 4 aromatic rings. The van der Waals surface area contributed by atoms with Crippen LogP contribution in [0.1, 0.15) is 38.1 Å². The Morgan fingerprint density at radius 2 is 1.44 bits per heavy atom. The van der Waals surface area contributed by atoms with Crippen LogP contribution in [-0.4, -0.2) is 97.6 Å². The summed E-state index contributed by atoms with van der Waals surface area (Å²) in [6.07, 6.45) is -1.95. The maximum Gasteiger partial charge on any atom is 0.280 e. The van der Waals surface area contributed by atoms with Gasteiger partial charge < -0.3 is 41.8 Å². The summed E-state index contributed by atoms with van der Waals surface area (Å²) < 4.78 is 15.2. The van der Waals surface area contributed by atoms with Gasteiger partial charge in [-0.15, -0.1) is 0 Å². The monoisotopic (exact) mass is 596 g/mol. The Morgan fingerprint density at radius 3 is 2.21 bits per heavy atom. The van der Waals surface area contributed by atoms with E-state index in [0.717, 1.165) is 0 Å². The van der Waals surface area contributed by atoms with Gasteiger partial charge in [0.05, 0.1) is 30.9 Å². The van der Waals surface area contributed by atoms with Gasteiger partial charge in [-0.05, 0) is 12.8 Å². The second-order valence-electron chi connectivity index (χ2n) is 10.7. The first kappa shape index (κ1) is 27.1. The molecule has 8 atom stereocenters. The molecule has 7 heterocycles. The van der Waals surface area contributed by atoms with E-state index in [9.17, 15) is 24.6 Å². The molecule has 0 radical (unpaired) electrons. The highest BCUT2D eigenvalue weighted by atomic mass is 16.5. The van der Waals surface area contributed by atoms with Crippen molar-refractivity contribution in [3.63, 3.8) is 0 Å². The van der Waals surface area contributed by atoms with Crippen molar-refractivity contribution in [1.29, 1.82) is 0 Å². The van der Waals surface area contributed by atoms with Gasteiger partial charge in [0, 0.05) is 12.8 Å². The van der Waals surface area contributed by atoms with Crippen molar-refractivity contribution in [2.45, 2.75) is 74.6 Å². The highest BCUT2D eigenvalue weighted by Gasteiger charge is 2.49. The molecule has 19 nitrogen and oxygen atoms in total. The number of ether oxygens (including phenoxy) is 2. The number of hydrogen-bond donors (Lipinski definition) is 7. The van der Waals surface area contributed by atoms with Crippen molar-refractivity contribution >= 4 is 45.9 Å². The lowest BCUT2D eigenvalue weighted by Crippen LogP contribution is -2.47. The number of rotatable bonds is 2. The second-order valence-corrected chi connectivity index (χ2v) is 10.7. The average molecular weight is 597 g/mol. The first-order valence-corrected chi connectivity index (χ1v) is 13.6. The molecular formula is C24H28N12O7. The largest absolute Gasteiger partial charge is 0.388 e. The number of H-pyrrole nitrogens is 1. The number of nitrogens with two attached hydrogens (primary N) is 2. The molecule has 3 aliphatic rings. The summed E-state index contributed by atoms with van der Waals surface area (Å²) in [5, 5.41) is 28.1. The quantitative estimate of drug-likeness (QED) is 0.123. The zero-order valence-electron chi connectivity index (χ0n) is 22.4. The number of aromatic nitrogens is 8. The van der Waals surface area contributed by atoms with Crippen LogP contribution in [0.5, 0.6) is 0 Å². The number of nitrogens with zero attached hydrogens (tertiary/aromatic N) is 7. The molecule has 3 fully saturated rings. The molecule has 4 aromatic heterocycles. The minimum absolute atomic E-state index is 0.00644. The van der Waals surface area contributed by atoms with Gasteiger partial charge >= 0.3 is 0 Å². The minimum Gasteiger partial charge on any atom is -0.388 e. The standard InChI is InChI=1S/C24H28N12O7/c25-18-14-19(28-5-27-18)35(6-29-14)23-17(40)12-8(42-23)1-3-11(38)32-13-16(39)9(2-4-10(37)31-12)43-22(13)36-7-30-15-20(36)33-24(26)34-21(15)41/h5-9,12-13,16-17,22-23,39-40H,1-4H2,(H,31,37)(H,32,38)(H2,25,27,28)(H3,26,33,34,41)/t8-,9-,12?,13+,16?,17+,22-,23-/m1/s1. The molecule has 0 aromatic carbocycles. The lowest BCUT2D eigenvalue weighted by molar-refractivity contribution is -0.124. The fraction of sp³-hybridized carbons (Fsp3) is 0.500. The number of anilines is 2. The number of aromatic amines is 1. The molecule has 0 saturated carbocycles. The Hall–Kier alpha value is -4.72. The SMILES string of the molecule is Nc1nc2c(ncn2[C@@H]2O[C@@H]3CCC(=O)NC4[C@@H](CCC(=O)N[C@H]2C3O)O[C@@H](n2cnc3c(N)ncnc32)[C@H]4O)c(=O)[nH]1. The highest BCUT2D eigenvalue weighted by molar-refractivity contribution is 5.81. The van der Waals surface area contributed by atoms with Crippen molar-refractivity contribution in [1.82, 2.24) is 49.7 Å². The Morgan fingerprint density at radius 1 is 0.791 bits per heavy atom. The number of nitrogens with one attached hydrogen (secondary N) is 3. The molecule has 226 valence electrons. The van der Waals surface area contributed by atoms with Gasteiger partial charge in [-0.3, -0.25) is 28.5 Å². The van der Waals surface area contributed by atoms with Crippen LogP contribution in [0, 0.1) is 0 Å². The van der Waals surface area contributed by atoms with Crippen LogP contribution in [0.2, 0.25) is 0 Å². The highest BCUT2D eigenvalue weighted by Crippen LogP contribution is 2.36. The summed E-state index contributed by atoms with van der Waals surface area (Å²) in [5.74, 6) is -0.827. The van der Waals surface area contributed by atoms with Gasteiger partial charge in [-0.25, -0.2) is 19.9 Å². The number of carbonyl (C=O) groups excluding carboxylic acids is 2. The zero-order chi connectivity index (χ0) is 30.0. The van der Waals surface area contributed by atoms with Crippen LogP contribution in [-0.2, 0) is 19.1 Å². The van der Waals surface area contributed by atoms with Crippen molar-refractivity contribution < 1.29 is 29.3 Å². The first-order chi connectivity index (χ1) is 20.7. The molecule has 43 heavy (non-hydrogen) atoms. The maximum absolute atomic E-state index is 13.2. The van der Waals surface area contributed by atoms with Gasteiger partial charge in [-0.2, -0.15) is 4.98 Å². The van der Waals surface area contributed by atoms with Crippen molar-refractivity contribution in [3.05, 3.63) is 29.3 Å². The molecule has 7 rings (SSSR count). The summed E-state index contributed by atoms with van der Waals surface area (Å²) in [6.45, 7) is 0. The molecule has 19 heteroatoms. The summed E-state index contributed by atoms with van der Waals surface area (Å²) in [7, 11) is 0. The second kappa shape index (κ2) is 10.2. The van der Waals surface area contributed by atoms with Crippen LogP contribution in [0.3, 0.4) is 0 Å². The smallest absolute Gasteiger partial charge is 0.280 e. The third-order valence-electron chi connectivity index (χ3n) is 8.10. The molecule has 0 aliphatic carbocycles. The third kappa shape index (κ3) is 4.52. The van der Waals surface area contributed by atoms with Gasteiger partial charge in [0.1, 0.15) is 30.1 Å². The van der Waals surface area contributed by atoms with E-state index < -0.39 is 66.3 Å². The topological polar surface area (TPSA) is 276 Å². The van der Waals surface area contributed by atoms with E-state index in [0.29, 0.717) is 11.2 Å². The van der Waals surface area contributed by atoms with E-state index in [1.807, 2.05) is 0 Å². The third-order valence-corrected chi connectivity index (χ3v) is 8.10. The van der Waals surface area contributed by atoms with Gasteiger partial charge in [-0.1, -0.05) is 0 Å². The van der Waals surface area contributed by atoms with E-state index in [1.54, 1.807) is 0 Å². The Balaban J connectivity index is 1.16. The van der Waals surface area contributed by atoms with Crippen LogP contribution in [0.15, 0.2) is 23.8 Å². The van der Waals surface area contributed by atoms with E-state index >= 15 is 0 Å². The number of amides is 2. The Labute approximate surface area is 240 Å². The number of fused-ring (bicyclic) bond motifs is 5. The molecule has 3 saturated heterocycles. The van der Waals surface area contributed by atoms with Crippen LogP contribution < -0.4 is 27.7 Å². The number of aliphatic hydroxyl groups is 2. The zero-order valence-corrected chi connectivity index (χ0v) is 22.4. The van der Waals surface area contributed by atoms with Gasteiger partial charge in [0.15, 0.2) is 35.1 Å². The number of carbonyl (C=O) groups is 2. The molecule has 3 aliphatic heterocycles. The fourth-order valence-electron chi connectivity index (χ4n) is 6.02. The Kier molecular flexibility index (Phi) is 6.45. The van der Waals surface area contributed by atoms with Crippen LogP contribution in [0.4, 0.5) is 11.8 Å². The maximum atomic E-state index is 13.2. The predicted molar refractivity (Wildman–Crippen MR) is 144 cm³/mol. The number of nitrogen functional groups attached to an aromatic ring is 2. The van der Waals surface area contributed by atoms with Crippen LogP contribution in [0.25, 0.3) is 22.3 Å². The van der Waals surface area contributed by atoms with E-state index in [4.69, 9.17) is 20.9 Å². The number of imidazole rings is 2. The molecule has 2 unspecified atom stereocenters. The normalized spacial score (nSPS) is 31.7. The van der Waals surface area contributed by atoms with Crippen molar-refractivity contribution in [2.24, 2.45) is 0 Å². The summed E-state index contributed by atoms with van der Waals surface area (Å²) >= 11 is 0. The van der Waals surface area contributed by atoms with Crippen molar-refractivity contribution in [2.75, 3.05) is 11.5 Å². The minimum atomic E-state index is -1.21. The molecule has 2 bridgehead atoms. The number of aliphatic hydroxyl groups excluding tert-OH is 2. The lowest BCUT2D eigenvalue weighted by atomic mass is 10.0. The Bertz CT molecular complexity index is 1790. The predicted octanol–water partition coefficient (Wildman–Crippen LogP) is -2.82. The molecular weight excluding hydrogens is 568 g/mol. The average Bonchev–Trinajstić information content (AvgIpc) is 3.72. The van der Waals surface area contributed by atoms with Gasteiger partial charge in [0.2, 0.25) is 17.8 Å². The van der Waals surface area contributed by atoms with Crippen molar-refractivity contribution in [3.8, 4) is 0 Å². The molecule has 2 amide bonds. The fourth-order valence-corrected chi connectivity index (χ4v) is 6.02. The summed E-state index contributed by atoms with van der Waals surface area (Å²) in [6, 6.07) is -1.83. The van der Waals surface area contributed by atoms with E-state index in [-0.39, 0.29) is 48.6 Å². The number of hydrogen-bond acceptors (Lipinski definition) is 14. The summed E-state index contributed by atoms with van der Waals surface area (Å²) in [5.41, 5.74) is 11.9. The van der Waals surface area contributed by atoms with Crippen LogP contribution >= 0.6 is 0 Å². The van der Waals surface area contributed by atoms with E-state index in [2.05, 4.69) is 40.5 Å². The summed E-state index contributed by atoms with van der Waals surface area (Å²) in [4.78, 5) is 61.6.